The molecule has 26 heavy (non-hydrogen) atoms. The summed E-state index contributed by atoms with van der Waals surface area (Å²) < 4.78 is 24.4. The van der Waals surface area contributed by atoms with Crippen molar-refractivity contribution in [2.24, 2.45) is 5.92 Å². The van der Waals surface area contributed by atoms with Crippen LogP contribution in [0.25, 0.3) is 0 Å². The van der Waals surface area contributed by atoms with Gasteiger partial charge in [0.25, 0.3) is 5.91 Å². The zero-order valence-corrected chi connectivity index (χ0v) is 14.9. The second-order valence-corrected chi connectivity index (χ2v) is 8.62. The van der Waals surface area contributed by atoms with Gasteiger partial charge in [0.15, 0.2) is 9.84 Å². The molecule has 1 aliphatic rings. The lowest BCUT2D eigenvalue weighted by Gasteiger charge is -2.09. The van der Waals surface area contributed by atoms with Crippen molar-refractivity contribution in [3.63, 3.8) is 0 Å². The molecule has 2 heterocycles. The van der Waals surface area contributed by atoms with Crippen molar-refractivity contribution in [1.82, 2.24) is 20.6 Å². The lowest BCUT2D eigenvalue weighted by atomic mass is 10.1. The van der Waals surface area contributed by atoms with Gasteiger partial charge in [-0.2, -0.15) is 5.10 Å². The first-order valence-electron chi connectivity index (χ1n) is 8.27. The zero-order valence-electron chi connectivity index (χ0n) is 14.1. The Morgan fingerprint density at radius 3 is 2.65 bits per heavy atom. The Bertz CT molecular complexity index is 892. The van der Waals surface area contributed by atoms with Crippen molar-refractivity contribution in [3.05, 3.63) is 53.9 Å². The van der Waals surface area contributed by atoms with E-state index in [1.165, 1.54) is 6.20 Å². The Hall–Kier alpha value is -2.68. The van der Waals surface area contributed by atoms with Gasteiger partial charge in [-0.1, -0.05) is 30.3 Å². The molecule has 2 amide bonds. The largest absolute Gasteiger partial charge is 0.273 e. The van der Waals surface area contributed by atoms with Gasteiger partial charge in [-0.3, -0.25) is 25.1 Å². The Kier molecular flexibility index (Phi) is 5.36. The maximum atomic E-state index is 12.1. The highest BCUT2D eigenvalue weighted by Gasteiger charge is 2.29. The molecule has 1 atom stereocenters. The molecule has 1 aromatic carbocycles. The molecule has 1 aliphatic heterocycles. The van der Waals surface area contributed by atoms with Gasteiger partial charge < -0.3 is 0 Å². The summed E-state index contributed by atoms with van der Waals surface area (Å²) in [7, 11) is -3.02. The van der Waals surface area contributed by atoms with Crippen LogP contribution in [0.4, 0.5) is 0 Å². The van der Waals surface area contributed by atoms with E-state index in [2.05, 4.69) is 16.0 Å². The lowest BCUT2D eigenvalue weighted by Crippen LogP contribution is -2.42. The smallest absolute Gasteiger partial charge is 0.272 e. The van der Waals surface area contributed by atoms with Crippen molar-refractivity contribution < 1.29 is 18.0 Å². The molecule has 0 aliphatic carbocycles. The average Bonchev–Trinajstić information content (AvgIpc) is 3.20. The first kappa shape index (κ1) is 18.1. The van der Waals surface area contributed by atoms with E-state index in [1.54, 1.807) is 10.9 Å². The van der Waals surface area contributed by atoms with Gasteiger partial charge in [0, 0.05) is 12.6 Å². The Morgan fingerprint density at radius 1 is 1.19 bits per heavy atom. The number of hydrogen-bond donors (Lipinski definition) is 2. The van der Waals surface area contributed by atoms with Crippen molar-refractivity contribution in [2.45, 2.75) is 19.4 Å². The van der Waals surface area contributed by atoms with Crippen LogP contribution in [-0.4, -0.2) is 41.5 Å². The third-order valence-corrected chi connectivity index (χ3v) is 6.04. The maximum absolute atomic E-state index is 12.1. The predicted molar refractivity (Wildman–Crippen MR) is 94.8 cm³/mol. The van der Waals surface area contributed by atoms with Gasteiger partial charge in [0.1, 0.15) is 0 Å². The minimum Gasteiger partial charge on any atom is -0.273 e. The van der Waals surface area contributed by atoms with Crippen molar-refractivity contribution >= 4 is 21.7 Å². The van der Waals surface area contributed by atoms with E-state index in [0.717, 1.165) is 5.56 Å². The highest BCUT2D eigenvalue weighted by molar-refractivity contribution is 7.91. The number of nitrogens with zero attached hydrogens (tertiary/aromatic N) is 2. The fourth-order valence-corrected chi connectivity index (χ4v) is 4.74. The van der Waals surface area contributed by atoms with Crippen LogP contribution in [0, 0.1) is 5.92 Å². The zero-order chi connectivity index (χ0) is 18.6. The third kappa shape index (κ3) is 4.92. The molecule has 3 rings (SSSR count). The molecule has 2 N–H and O–H groups in total. The molecule has 1 saturated heterocycles. The highest BCUT2D eigenvalue weighted by Crippen LogP contribution is 2.21. The summed E-state index contributed by atoms with van der Waals surface area (Å²) in [4.78, 5) is 23.9. The first-order chi connectivity index (χ1) is 12.4. The standard InChI is InChI=1S/C17H20N4O4S/c22-16(8-14-6-7-26(24,25)12-14)19-20-17(23)15-9-18-21(11-15)10-13-4-2-1-3-5-13/h1-5,9,11,14H,6-8,10,12H2,(H,19,22)(H,20,23)/t14-/m0/s1. The predicted octanol–water partition coefficient (Wildman–Crippen LogP) is 0.517. The van der Waals surface area contributed by atoms with E-state index in [9.17, 15) is 18.0 Å². The average molecular weight is 376 g/mol. The van der Waals surface area contributed by atoms with Gasteiger partial charge in [-0.05, 0) is 17.9 Å². The monoisotopic (exact) mass is 376 g/mol. The fraction of sp³-hybridized carbons (Fsp3) is 0.353. The number of benzene rings is 1. The minimum absolute atomic E-state index is 0.0284. The van der Waals surface area contributed by atoms with Crippen molar-refractivity contribution in [1.29, 1.82) is 0 Å². The van der Waals surface area contributed by atoms with Crippen LogP contribution in [0.3, 0.4) is 0 Å². The van der Waals surface area contributed by atoms with E-state index in [1.807, 2.05) is 30.3 Å². The highest BCUT2D eigenvalue weighted by atomic mass is 32.2. The topological polar surface area (TPSA) is 110 Å². The first-order valence-corrected chi connectivity index (χ1v) is 10.1. The van der Waals surface area contributed by atoms with Gasteiger partial charge in [0.2, 0.25) is 5.91 Å². The SMILES string of the molecule is O=C(C[C@@H]1CCS(=O)(=O)C1)NNC(=O)c1cnn(Cc2ccccc2)c1. The van der Waals surface area contributed by atoms with E-state index in [0.29, 0.717) is 18.5 Å². The van der Waals surface area contributed by atoms with E-state index in [-0.39, 0.29) is 23.8 Å². The number of hydrogen-bond acceptors (Lipinski definition) is 5. The molecule has 1 aromatic heterocycles. The minimum atomic E-state index is -3.02. The lowest BCUT2D eigenvalue weighted by molar-refractivity contribution is -0.122. The molecule has 2 aromatic rings. The summed E-state index contributed by atoms with van der Waals surface area (Å²) in [5.74, 6) is -0.919. The second-order valence-electron chi connectivity index (χ2n) is 6.39. The molecule has 0 bridgehead atoms. The molecule has 1 fully saturated rings. The molecule has 0 radical (unpaired) electrons. The summed E-state index contributed by atoms with van der Waals surface area (Å²) in [5, 5.41) is 4.14. The number of hydrazine groups is 1. The van der Waals surface area contributed by atoms with Crippen LogP contribution >= 0.6 is 0 Å². The van der Waals surface area contributed by atoms with E-state index >= 15 is 0 Å². The number of carbonyl (C=O) groups excluding carboxylic acids is 2. The van der Waals surface area contributed by atoms with Gasteiger partial charge >= 0.3 is 0 Å². The Balaban J connectivity index is 1.47. The number of sulfone groups is 1. The van der Waals surface area contributed by atoms with Crippen LogP contribution in [0.5, 0.6) is 0 Å². The normalized spacial score (nSPS) is 18.4. The van der Waals surface area contributed by atoms with E-state index < -0.39 is 21.7 Å². The summed E-state index contributed by atoms with van der Waals surface area (Å²) >= 11 is 0. The molecular formula is C17H20N4O4S. The third-order valence-electron chi connectivity index (χ3n) is 4.20. The Morgan fingerprint density at radius 2 is 1.96 bits per heavy atom. The van der Waals surface area contributed by atoms with Crippen LogP contribution in [0.2, 0.25) is 0 Å². The number of carbonyl (C=O) groups is 2. The summed E-state index contributed by atoms with van der Waals surface area (Å²) in [5.41, 5.74) is 6.03. The Labute approximate surface area is 151 Å². The van der Waals surface area contributed by atoms with Gasteiger partial charge in [0.05, 0.1) is 29.8 Å². The number of rotatable bonds is 5. The molecule has 8 nitrogen and oxygen atoms in total. The van der Waals surface area contributed by atoms with Crippen LogP contribution < -0.4 is 10.9 Å². The number of amides is 2. The quantitative estimate of drug-likeness (QED) is 0.739. The molecule has 0 unspecified atom stereocenters. The van der Waals surface area contributed by atoms with E-state index in [4.69, 9.17) is 0 Å². The summed E-state index contributed by atoms with van der Waals surface area (Å²) in [6, 6.07) is 9.71. The second kappa shape index (κ2) is 7.69. The van der Waals surface area contributed by atoms with Crippen LogP contribution in [-0.2, 0) is 21.2 Å². The molecule has 0 saturated carbocycles. The molecule has 138 valence electrons. The molecule has 0 spiro atoms. The van der Waals surface area contributed by atoms with Gasteiger partial charge in [-0.25, -0.2) is 8.42 Å². The molecular weight excluding hydrogens is 356 g/mol. The summed E-state index contributed by atoms with van der Waals surface area (Å²) in [6.45, 7) is 0.538. The molecule has 9 heteroatoms. The number of aromatic nitrogens is 2. The van der Waals surface area contributed by atoms with Gasteiger partial charge in [-0.15, -0.1) is 0 Å². The number of nitrogens with one attached hydrogen (secondary N) is 2. The maximum Gasteiger partial charge on any atom is 0.272 e. The van der Waals surface area contributed by atoms with Crippen LogP contribution in [0.15, 0.2) is 42.7 Å². The fourth-order valence-electron chi connectivity index (χ4n) is 2.88. The van der Waals surface area contributed by atoms with Crippen molar-refractivity contribution in [2.75, 3.05) is 11.5 Å². The van der Waals surface area contributed by atoms with Crippen LogP contribution in [0.1, 0.15) is 28.8 Å². The van der Waals surface area contributed by atoms with Crippen molar-refractivity contribution in [3.8, 4) is 0 Å². The summed E-state index contributed by atoms with van der Waals surface area (Å²) in [6.07, 6.45) is 3.58.